The summed E-state index contributed by atoms with van der Waals surface area (Å²) in [7, 11) is 1.26. The average molecular weight is 396 g/mol. The van der Waals surface area contributed by atoms with Gasteiger partial charge in [-0.25, -0.2) is 9.59 Å². The molecule has 0 saturated carbocycles. The summed E-state index contributed by atoms with van der Waals surface area (Å²) < 4.78 is 4.91. The number of methoxy groups -OCH3 is 1. The van der Waals surface area contributed by atoms with E-state index in [2.05, 4.69) is 5.32 Å². The van der Waals surface area contributed by atoms with Crippen molar-refractivity contribution in [2.45, 2.75) is 32.4 Å². The molecule has 29 heavy (non-hydrogen) atoms. The summed E-state index contributed by atoms with van der Waals surface area (Å²) >= 11 is 0. The Morgan fingerprint density at radius 3 is 2.34 bits per heavy atom. The Balaban J connectivity index is 2.02. The van der Waals surface area contributed by atoms with Gasteiger partial charge < -0.3 is 20.1 Å². The molecule has 3 atom stereocenters. The molecule has 2 amide bonds. The summed E-state index contributed by atoms with van der Waals surface area (Å²) in [6.07, 6.45) is -0.0120. The van der Waals surface area contributed by atoms with Gasteiger partial charge in [-0.2, -0.15) is 0 Å². The van der Waals surface area contributed by atoms with E-state index in [0.717, 1.165) is 11.1 Å². The van der Waals surface area contributed by atoms with Crippen molar-refractivity contribution >= 4 is 23.7 Å². The number of aliphatic carboxylic acids is 1. The molecule has 2 N–H and O–H groups in total. The fourth-order valence-electron chi connectivity index (χ4n) is 3.81. The number of hydrogen-bond acceptors (Lipinski definition) is 4. The summed E-state index contributed by atoms with van der Waals surface area (Å²) in [5.74, 6) is -2.46. The fraction of sp³-hybridized carbons (Fsp3) is 0.318. The number of anilines is 1. The number of carbonyl (C=O) groups is 3. The number of carbonyl (C=O) groups excluding carboxylic acids is 2. The second kappa shape index (κ2) is 8.34. The number of urea groups is 1. The maximum absolute atomic E-state index is 13.1. The first-order chi connectivity index (χ1) is 13.8. The normalized spacial score (nSPS) is 20.9. The van der Waals surface area contributed by atoms with Gasteiger partial charge >= 0.3 is 18.0 Å². The van der Waals surface area contributed by atoms with Gasteiger partial charge in [0.2, 0.25) is 0 Å². The Morgan fingerprint density at radius 2 is 1.76 bits per heavy atom. The Labute approximate surface area is 169 Å². The predicted octanol–water partition coefficient (Wildman–Crippen LogP) is 3.52. The van der Waals surface area contributed by atoms with E-state index in [1.165, 1.54) is 12.0 Å². The lowest BCUT2D eigenvalue weighted by molar-refractivity contribution is -0.146. The van der Waals surface area contributed by atoms with Crippen LogP contribution >= 0.6 is 0 Å². The Kier molecular flexibility index (Phi) is 5.87. The number of nitrogens with one attached hydrogen (secondary N) is 1. The minimum Gasteiger partial charge on any atom is -0.480 e. The monoisotopic (exact) mass is 396 g/mol. The molecule has 152 valence electrons. The van der Waals surface area contributed by atoms with Crippen LogP contribution in [0.25, 0.3) is 0 Å². The first kappa shape index (κ1) is 20.4. The van der Waals surface area contributed by atoms with Gasteiger partial charge in [0.25, 0.3) is 0 Å². The lowest BCUT2D eigenvalue weighted by Gasteiger charge is -2.30. The molecule has 3 rings (SSSR count). The van der Waals surface area contributed by atoms with Crippen LogP contribution in [0.5, 0.6) is 0 Å². The van der Waals surface area contributed by atoms with E-state index in [1.54, 1.807) is 18.2 Å². The Morgan fingerprint density at radius 1 is 1.07 bits per heavy atom. The SMILES string of the molecule is COC(=O)C1CC(C(=O)O)N(C(=O)Nc2ccc(C)cc2)C1c1cccc(C)c1. The van der Waals surface area contributed by atoms with Crippen LogP contribution in [0.2, 0.25) is 0 Å². The van der Waals surface area contributed by atoms with Crippen LogP contribution in [0.4, 0.5) is 10.5 Å². The van der Waals surface area contributed by atoms with Crippen LogP contribution < -0.4 is 5.32 Å². The number of amides is 2. The van der Waals surface area contributed by atoms with Crippen LogP contribution in [-0.4, -0.2) is 41.1 Å². The number of aryl methyl sites for hydroxylation is 2. The first-order valence-electron chi connectivity index (χ1n) is 9.35. The number of esters is 1. The molecule has 1 aliphatic rings. The zero-order chi connectivity index (χ0) is 21.1. The van der Waals surface area contributed by atoms with E-state index in [-0.39, 0.29) is 6.42 Å². The van der Waals surface area contributed by atoms with Gasteiger partial charge in [0.15, 0.2) is 0 Å². The van der Waals surface area contributed by atoms with E-state index < -0.39 is 36.0 Å². The highest BCUT2D eigenvalue weighted by atomic mass is 16.5. The molecule has 0 spiro atoms. The van der Waals surface area contributed by atoms with Crippen molar-refractivity contribution in [3.05, 3.63) is 65.2 Å². The van der Waals surface area contributed by atoms with Crippen LogP contribution in [0.3, 0.4) is 0 Å². The number of hydrogen-bond donors (Lipinski definition) is 2. The Hall–Kier alpha value is -3.35. The van der Waals surface area contributed by atoms with Crippen molar-refractivity contribution in [2.75, 3.05) is 12.4 Å². The van der Waals surface area contributed by atoms with Crippen molar-refractivity contribution in [2.24, 2.45) is 5.92 Å². The van der Waals surface area contributed by atoms with Crippen molar-refractivity contribution in [1.82, 2.24) is 4.90 Å². The van der Waals surface area contributed by atoms with Gasteiger partial charge in [0.05, 0.1) is 19.1 Å². The van der Waals surface area contributed by atoms with E-state index in [4.69, 9.17) is 4.74 Å². The summed E-state index contributed by atoms with van der Waals surface area (Å²) in [5.41, 5.74) is 3.23. The largest absolute Gasteiger partial charge is 0.480 e. The summed E-state index contributed by atoms with van der Waals surface area (Å²) in [5, 5.41) is 12.5. The second-order valence-electron chi connectivity index (χ2n) is 7.28. The second-order valence-corrected chi connectivity index (χ2v) is 7.28. The molecule has 2 aromatic rings. The zero-order valence-corrected chi connectivity index (χ0v) is 16.6. The smallest absolute Gasteiger partial charge is 0.326 e. The molecule has 3 unspecified atom stereocenters. The van der Waals surface area contributed by atoms with Crippen LogP contribution in [0.1, 0.15) is 29.2 Å². The summed E-state index contributed by atoms with van der Waals surface area (Å²) in [4.78, 5) is 38.8. The van der Waals surface area contributed by atoms with E-state index in [9.17, 15) is 19.5 Å². The predicted molar refractivity (Wildman–Crippen MR) is 108 cm³/mol. The lowest BCUT2D eigenvalue weighted by Crippen LogP contribution is -2.44. The molecule has 1 fully saturated rings. The number of rotatable bonds is 4. The third-order valence-corrected chi connectivity index (χ3v) is 5.20. The first-order valence-corrected chi connectivity index (χ1v) is 9.35. The zero-order valence-electron chi connectivity index (χ0n) is 16.6. The van der Waals surface area contributed by atoms with Gasteiger partial charge in [0, 0.05) is 5.69 Å². The molecule has 1 saturated heterocycles. The van der Waals surface area contributed by atoms with E-state index >= 15 is 0 Å². The summed E-state index contributed by atoms with van der Waals surface area (Å²) in [6.45, 7) is 3.83. The average Bonchev–Trinajstić information content (AvgIpc) is 3.10. The molecule has 7 nitrogen and oxygen atoms in total. The maximum atomic E-state index is 13.1. The van der Waals surface area contributed by atoms with Gasteiger partial charge in [-0.15, -0.1) is 0 Å². The highest BCUT2D eigenvalue weighted by Gasteiger charge is 2.51. The van der Waals surface area contributed by atoms with Crippen molar-refractivity contribution in [3.63, 3.8) is 0 Å². The highest BCUT2D eigenvalue weighted by molar-refractivity contribution is 5.94. The van der Waals surface area contributed by atoms with E-state index in [1.807, 2.05) is 44.2 Å². The molecular formula is C22H24N2O5. The molecular weight excluding hydrogens is 372 g/mol. The maximum Gasteiger partial charge on any atom is 0.326 e. The van der Waals surface area contributed by atoms with Crippen LogP contribution in [0.15, 0.2) is 48.5 Å². The van der Waals surface area contributed by atoms with E-state index in [0.29, 0.717) is 11.3 Å². The van der Waals surface area contributed by atoms with Gasteiger partial charge in [-0.05, 0) is 38.0 Å². The third-order valence-electron chi connectivity index (χ3n) is 5.20. The van der Waals surface area contributed by atoms with Crippen molar-refractivity contribution in [3.8, 4) is 0 Å². The number of carboxylic acids is 1. The minimum atomic E-state index is -1.16. The van der Waals surface area contributed by atoms with Crippen molar-refractivity contribution < 1.29 is 24.2 Å². The van der Waals surface area contributed by atoms with Gasteiger partial charge in [-0.3, -0.25) is 4.79 Å². The third kappa shape index (κ3) is 4.23. The fourth-order valence-corrected chi connectivity index (χ4v) is 3.81. The molecule has 1 aliphatic heterocycles. The minimum absolute atomic E-state index is 0.0120. The van der Waals surface area contributed by atoms with Crippen molar-refractivity contribution in [1.29, 1.82) is 0 Å². The highest BCUT2D eigenvalue weighted by Crippen LogP contribution is 2.42. The molecule has 0 radical (unpaired) electrons. The van der Waals surface area contributed by atoms with Gasteiger partial charge in [-0.1, -0.05) is 47.5 Å². The number of likely N-dealkylation sites (tertiary alicyclic amines) is 1. The summed E-state index contributed by atoms with van der Waals surface area (Å²) in [6, 6.07) is 12.1. The molecule has 2 aromatic carbocycles. The number of ether oxygens (including phenoxy) is 1. The molecule has 7 heteroatoms. The number of benzene rings is 2. The number of carboxylic acid groups (broad SMARTS) is 1. The van der Waals surface area contributed by atoms with Crippen LogP contribution in [-0.2, 0) is 14.3 Å². The quantitative estimate of drug-likeness (QED) is 0.771. The Bertz CT molecular complexity index is 925. The standard InChI is InChI=1S/C22H24N2O5/c1-13-7-9-16(10-8-13)23-22(28)24-18(20(25)26)12-17(21(27)29-3)19(24)15-6-4-5-14(2)11-15/h4-11,17-19H,12H2,1-3H3,(H,23,28)(H,25,26). The molecule has 0 aliphatic carbocycles. The molecule has 0 bridgehead atoms. The lowest BCUT2D eigenvalue weighted by atomic mass is 9.92. The van der Waals surface area contributed by atoms with Crippen LogP contribution in [0, 0.1) is 19.8 Å². The van der Waals surface area contributed by atoms with Gasteiger partial charge in [0.1, 0.15) is 6.04 Å². The molecule has 0 aromatic heterocycles. The topological polar surface area (TPSA) is 95.9 Å². The number of nitrogens with zero attached hydrogens (tertiary/aromatic N) is 1. The molecule has 1 heterocycles.